The molecule has 4 aromatic carbocycles. The third-order valence-corrected chi connectivity index (χ3v) is 11.9. The molecule has 0 amide bonds. The van der Waals surface area contributed by atoms with Crippen molar-refractivity contribution in [2.24, 2.45) is 0 Å². The van der Waals surface area contributed by atoms with Gasteiger partial charge in [-0.15, -0.1) is 0 Å². The van der Waals surface area contributed by atoms with Gasteiger partial charge in [-0.25, -0.2) is 17.6 Å². The van der Waals surface area contributed by atoms with E-state index in [-0.39, 0.29) is 34.1 Å². The van der Waals surface area contributed by atoms with Gasteiger partial charge in [0.25, 0.3) is 0 Å². The van der Waals surface area contributed by atoms with Gasteiger partial charge >= 0.3 is 0 Å². The summed E-state index contributed by atoms with van der Waals surface area (Å²) in [4.78, 5) is 4.55. The first kappa shape index (κ1) is 44.4. The van der Waals surface area contributed by atoms with E-state index in [0.29, 0.717) is 4.47 Å². The predicted molar refractivity (Wildman–Crippen MR) is 226 cm³/mol. The molecule has 4 aromatic rings. The smallest absolute Gasteiger partial charge is 0.137 e. The molecule has 1 N–H and O–H groups in total. The minimum absolute atomic E-state index is 0.0169. The lowest BCUT2D eigenvalue weighted by Gasteiger charge is -2.38. The Kier molecular flexibility index (Phi) is 16.3. The summed E-state index contributed by atoms with van der Waals surface area (Å²) in [5, 5.41) is 3.32. The Morgan fingerprint density at radius 3 is 1.45 bits per heavy atom. The lowest BCUT2D eigenvalue weighted by atomic mass is 9.74. The molecule has 0 radical (unpaired) electrons. The lowest BCUT2D eigenvalue weighted by Crippen LogP contribution is -2.39. The van der Waals surface area contributed by atoms with E-state index in [9.17, 15) is 17.6 Å². The van der Waals surface area contributed by atoms with Gasteiger partial charge in [0, 0.05) is 18.7 Å². The quantitative estimate of drug-likeness (QED) is 0.208. The fraction of sp³-hybridized carbons (Fsp3) is 0.447. The van der Waals surface area contributed by atoms with Crippen molar-refractivity contribution in [2.45, 2.75) is 84.5 Å². The maximum Gasteiger partial charge on any atom is 0.137 e. The van der Waals surface area contributed by atoms with Gasteiger partial charge < -0.3 is 15.1 Å². The van der Waals surface area contributed by atoms with Crippen molar-refractivity contribution in [3.63, 3.8) is 0 Å². The molecule has 0 bridgehead atoms. The summed E-state index contributed by atoms with van der Waals surface area (Å²) in [5.41, 5.74) is 7.64. The zero-order valence-electron chi connectivity index (χ0n) is 34.1. The fourth-order valence-corrected chi connectivity index (χ4v) is 7.59. The Hall–Kier alpha value is -3.30. The molecule has 3 heterocycles. The number of aryl methyl sites for hydroxylation is 4. The van der Waals surface area contributed by atoms with Crippen molar-refractivity contribution in [3.05, 3.63) is 146 Å². The Bertz CT molecular complexity index is 1890. The molecule has 3 aliphatic heterocycles. The highest BCUT2D eigenvalue weighted by atomic mass is 79.9. The lowest BCUT2D eigenvalue weighted by molar-refractivity contribution is 0.196. The van der Waals surface area contributed by atoms with Gasteiger partial charge in [0.2, 0.25) is 0 Å². The SMILES string of the molecule is Cc1ccc(Br)c(F)c1.Cc1ccc(C2(C)CCN(C)CC2)c(F)c1.Cc1ccc(C2(C)CCNCC2)c(F)c1.Cc1ccc(C2=CCN(C)CC2)c(F)c1. The van der Waals surface area contributed by atoms with Crippen molar-refractivity contribution >= 4 is 21.5 Å². The topological polar surface area (TPSA) is 18.5 Å². The van der Waals surface area contributed by atoms with Gasteiger partial charge in [-0.1, -0.05) is 62.4 Å². The highest BCUT2D eigenvalue weighted by Gasteiger charge is 2.33. The van der Waals surface area contributed by atoms with Crippen LogP contribution in [0.15, 0.2) is 83.3 Å². The van der Waals surface area contributed by atoms with Crippen LogP contribution in [0.5, 0.6) is 0 Å². The van der Waals surface area contributed by atoms with Gasteiger partial charge in [0.1, 0.15) is 23.3 Å². The van der Waals surface area contributed by atoms with Crippen LogP contribution in [0.25, 0.3) is 5.57 Å². The summed E-state index contributed by atoms with van der Waals surface area (Å²) in [7, 11) is 4.21. The monoisotopic (exact) mass is 821 g/mol. The zero-order chi connectivity index (χ0) is 40.3. The van der Waals surface area contributed by atoms with Crippen LogP contribution in [-0.4, -0.2) is 63.2 Å². The zero-order valence-corrected chi connectivity index (χ0v) is 35.7. The molecule has 7 rings (SSSR count). The van der Waals surface area contributed by atoms with E-state index in [1.807, 2.05) is 70.2 Å². The number of nitrogens with zero attached hydrogens (tertiary/aromatic N) is 2. The Balaban J connectivity index is 0.000000166. The minimum atomic E-state index is -0.199. The number of nitrogens with one attached hydrogen (secondary N) is 1. The highest BCUT2D eigenvalue weighted by Crippen LogP contribution is 2.37. The Morgan fingerprint density at radius 1 is 0.564 bits per heavy atom. The number of likely N-dealkylation sites (N-methyl/N-ethyl adjacent to an activating group) is 1. The van der Waals surface area contributed by atoms with Gasteiger partial charge in [-0.2, -0.15) is 0 Å². The van der Waals surface area contributed by atoms with Gasteiger partial charge in [0.15, 0.2) is 0 Å². The summed E-state index contributed by atoms with van der Waals surface area (Å²) in [5.74, 6) is -0.368. The van der Waals surface area contributed by atoms with E-state index in [1.165, 1.54) is 6.07 Å². The molecule has 3 aliphatic rings. The molecule has 2 saturated heterocycles. The molecule has 298 valence electrons. The second kappa shape index (κ2) is 20.2. The van der Waals surface area contributed by atoms with Crippen molar-refractivity contribution in [1.29, 1.82) is 0 Å². The first-order chi connectivity index (χ1) is 26.0. The van der Waals surface area contributed by atoms with Crippen LogP contribution in [-0.2, 0) is 10.8 Å². The molecule has 0 saturated carbocycles. The molecule has 0 unspecified atom stereocenters. The van der Waals surface area contributed by atoms with Crippen LogP contribution in [0.2, 0.25) is 0 Å². The van der Waals surface area contributed by atoms with Crippen LogP contribution in [0, 0.1) is 51.0 Å². The van der Waals surface area contributed by atoms with Crippen LogP contribution >= 0.6 is 15.9 Å². The number of hydrogen-bond donors (Lipinski definition) is 1. The van der Waals surface area contributed by atoms with Gasteiger partial charge in [0.05, 0.1) is 4.47 Å². The normalized spacial score (nSPS) is 18.0. The summed E-state index contributed by atoms with van der Waals surface area (Å²) >= 11 is 3.05. The maximum absolute atomic E-state index is 14.0. The average Bonchev–Trinajstić information content (AvgIpc) is 3.13. The molecule has 8 heteroatoms. The van der Waals surface area contributed by atoms with E-state index < -0.39 is 0 Å². The number of piperidine rings is 2. The van der Waals surface area contributed by atoms with Crippen LogP contribution < -0.4 is 5.32 Å². The van der Waals surface area contributed by atoms with E-state index >= 15 is 0 Å². The predicted octanol–water partition coefficient (Wildman–Crippen LogP) is 11.6. The molecule has 0 atom stereocenters. The molecule has 55 heavy (non-hydrogen) atoms. The van der Waals surface area contributed by atoms with Gasteiger partial charge in [-0.3, -0.25) is 0 Å². The third kappa shape index (κ3) is 12.9. The van der Waals surface area contributed by atoms with Crippen LogP contribution in [0.4, 0.5) is 17.6 Å². The van der Waals surface area contributed by atoms with Crippen LogP contribution in [0.1, 0.15) is 84.9 Å². The van der Waals surface area contributed by atoms with E-state index in [1.54, 1.807) is 24.3 Å². The van der Waals surface area contributed by atoms with Crippen molar-refractivity contribution in [3.8, 4) is 0 Å². The third-order valence-electron chi connectivity index (χ3n) is 11.3. The highest BCUT2D eigenvalue weighted by molar-refractivity contribution is 9.10. The molecule has 0 aliphatic carbocycles. The second-order valence-electron chi connectivity index (χ2n) is 16.3. The van der Waals surface area contributed by atoms with E-state index in [4.69, 9.17) is 0 Å². The Labute approximate surface area is 336 Å². The number of halogens is 5. The van der Waals surface area contributed by atoms with E-state index in [0.717, 1.165) is 116 Å². The van der Waals surface area contributed by atoms with Crippen molar-refractivity contribution < 1.29 is 17.6 Å². The fourth-order valence-electron chi connectivity index (χ4n) is 7.35. The molecule has 0 spiro atoms. The molecule has 2 fully saturated rings. The average molecular weight is 823 g/mol. The minimum Gasteiger partial charge on any atom is -0.317 e. The van der Waals surface area contributed by atoms with Crippen molar-refractivity contribution in [2.75, 3.05) is 53.4 Å². The van der Waals surface area contributed by atoms with Crippen LogP contribution in [0.3, 0.4) is 0 Å². The summed E-state index contributed by atoms with van der Waals surface area (Å²) in [6, 6.07) is 21.7. The molecule has 3 nitrogen and oxygen atoms in total. The molecular formula is C47H60BrF4N3. The van der Waals surface area contributed by atoms with Crippen molar-refractivity contribution in [1.82, 2.24) is 15.1 Å². The maximum atomic E-state index is 14.0. The standard InChI is InChI=1S/C14H20FN.C13H16FN.C13H18FN.C7H6BrF/c1-11-4-5-12(13(15)10-11)14(2)6-8-16(3)9-7-14;1-10-3-4-12(13(14)9-10)11-5-7-15(2)8-6-11;1-10-3-4-11(12(14)9-10)13(2)5-7-15-8-6-13;1-5-2-3-6(8)7(9)4-5/h4-5,10H,6-9H2,1-3H3;3-5,9H,6-8H2,1-2H3;3-4,9,15H,5-8H2,1-2H3;2-4H,1H3. The number of hydrogen-bond acceptors (Lipinski definition) is 3. The molecule has 0 aromatic heterocycles. The first-order valence-corrected chi connectivity index (χ1v) is 20.3. The Morgan fingerprint density at radius 2 is 1.02 bits per heavy atom. The summed E-state index contributed by atoms with van der Waals surface area (Å²) in [6.45, 7) is 18.0. The number of benzene rings is 4. The van der Waals surface area contributed by atoms with Gasteiger partial charge in [-0.05, 0) is 196 Å². The second-order valence-corrected chi connectivity index (χ2v) is 17.1. The summed E-state index contributed by atoms with van der Waals surface area (Å²) < 4.78 is 54.6. The summed E-state index contributed by atoms with van der Waals surface area (Å²) in [6.07, 6.45) is 7.20. The van der Waals surface area contributed by atoms with E-state index in [2.05, 4.69) is 65.1 Å². The first-order valence-electron chi connectivity index (χ1n) is 19.5. The largest absolute Gasteiger partial charge is 0.317 e. The number of likely N-dealkylation sites (tertiary alicyclic amines) is 1. The number of rotatable bonds is 3. The molecular weight excluding hydrogens is 762 g/mol.